The Morgan fingerprint density at radius 3 is 2.72 bits per heavy atom. The highest BCUT2D eigenvalue weighted by atomic mass is 79.9. The molecule has 0 saturated heterocycles. The maximum Gasteiger partial charge on any atom is 0.422 e. The van der Waals surface area contributed by atoms with Crippen molar-refractivity contribution in [3.05, 3.63) is 20.8 Å². The Hall–Kier alpha value is -0.640. The molecule has 1 heterocycles. The average molecular weight is 357 g/mol. The summed E-state index contributed by atoms with van der Waals surface area (Å²) in [6.07, 6.45) is -1.38. The minimum Gasteiger partial charge on any atom is -0.446 e. The van der Waals surface area contributed by atoms with Crippen molar-refractivity contribution in [3.8, 4) is 0 Å². The van der Waals surface area contributed by atoms with Crippen molar-refractivity contribution in [1.29, 1.82) is 0 Å². The third-order valence-electron chi connectivity index (χ3n) is 1.62. The molecule has 0 unspecified atom stereocenters. The molecule has 0 bridgehead atoms. The van der Waals surface area contributed by atoms with Crippen molar-refractivity contribution in [1.82, 2.24) is 9.44 Å². The van der Waals surface area contributed by atoms with E-state index in [1.807, 2.05) is 5.38 Å². The summed E-state index contributed by atoms with van der Waals surface area (Å²) in [5, 5.41) is 1.84. The predicted molar refractivity (Wildman–Crippen MR) is 72.5 cm³/mol. The fraction of sp³-hybridized carbons (Fsp3) is 0.444. The second kappa shape index (κ2) is 6.50. The zero-order valence-electron chi connectivity index (χ0n) is 9.77. The Balaban J connectivity index is 2.47. The molecule has 0 aliphatic carbocycles. The number of hydrogen-bond donors (Lipinski definition) is 2. The minimum absolute atomic E-state index is 0.112. The maximum absolute atomic E-state index is 11.5. The Morgan fingerprint density at radius 1 is 1.56 bits per heavy atom. The molecule has 9 heteroatoms. The van der Waals surface area contributed by atoms with Crippen LogP contribution in [0.3, 0.4) is 0 Å². The molecule has 0 aromatic carbocycles. The highest BCUT2D eigenvalue weighted by Gasteiger charge is 2.16. The molecule has 1 aromatic rings. The van der Waals surface area contributed by atoms with Crippen LogP contribution >= 0.6 is 27.3 Å². The lowest BCUT2D eigenvalue weighted by molar-refractivity contribution is 0.121. The molecule has 1 amide bonds. The van der Waals surface area contributed by atoms with Crippen LogP contribution < -0.4 is 9.44 Å². The second-order valence-electron chi connectivity index (χ2n) is 3.61. The molecule has 0 spiro atoms. The first kappa shape index (κ1) is 15.4. The van der Waals surface area contributed by atoms with Gasteiger partial charge in [-0.2, -0.15) is 13.1 Å². The van der Waals surface area contributed by atoms with Gasteiger partial charge in [0, 0.05) is 21.3 Å². The van der Waals surface area contributed by atoms with Crippen LogP contribution in [0.2, 0.25) is 0 Å². The van der Waals surface area contributed by atoms with E-state index < -0.39 is 16.3 Å². The zero-order chi connectivity index (χ0) is 13.8. The van der Waals surface area contributed by atoms with Crippen LogP contribution in [0.4, 0.5) is 4.79 Å². The summed E-state index contributed by atoms with van der Waals surface area (Å²) in [6, 6.07) is 1.79. The minimum atomic E-state index is -3.90. The van der Waals surface area contributed by atoms with Crippen molar-refractivity contribution in [2.75, 3.05) is 0 Å². The average Bonchev–Trinajstić information content (AvgIpc) is 2.59. The molecule has 102 valence electrons. The van der Waals surface area contributed by atoms with E-state index in [1.54, 1.807) is 24.6 Å². The van der Waals surface area contributed by atoms with Gasteiger partial charge in [0.1, 0.15) is 0 Å². The number of hydrogen-bond acceptors (Lipinski definition) is 5. The third-order valence-corrected chi connectivity index (χ3v) is 4.28. The van der Waals surface area contributed by atoms with Gasteiger partial charge in [0.2, 0.25) is 0 Å². The van der Waals surface area contributed by atoms with Gasteiger partial charge in [-0.05, 0) is 35.8 Å². The van der Waals surface area contributed by atoms with Crippen LogP contribution in [0.25, 0.3) is 0 Å². The van der Waals surface area contributed by atoms with Crippen molar-refractivity contribution < 1.29 is 17.9 Å². The number of thiophene rings is 1. The summed E-state index contributed by atoms with van der Waals surface area (Å²) < 4.78 is 32.5. The lowest BCUT2D eigenvalue weighted by atomic mass is 10.5. The molecule has 0 aliphatic heterocycles. The lowest BCUT2D eigenvalue weighted by Crippen LogP contribution is -2.40. The molecule has 0 radical (unpaired) electrons. The molecule has 0 fully saturated rings. The van der Waals surface area contributed by atoms with Gasteiger partial charge < -0.3 is 4.74 Å². The van der Waals surface area contributed by atoms with Crippen LogP contribution in [0.1, 0.15) is 18.7 Å². The first-order chi connectivity index (χ1) is 8.28. The van der Waals surface area contributed by atoms with Gasteiger partial charge in [0.15, 0.2) is 0 Å². The Bertz CT molecular complexity index is 512. The van der Waals surface area contributed by atoms with Gasteiger partial charge >= 0.3 is 16.3 Å². The molecular weight excluding hydrogens is 344 g/mol. The third kappa shape index (κ3) is 5.80. The number of carbonyl (C=O) groups excluding carboxylic acids is 1. The summed E-state index contributed by atoms with van der Waals surface area (Å²) in [5.41, 5.74) is 0. The summed E-state index contributed by atoms with van der Waals surface area (Å²) in [4.78, 5) is 12.0. The van der Waals surface area contributed by atoms with Gasteiger partial charge in [-0.3, -0.25) is 0 Å². The van der Waals surface area contributed by atoms with E-state index in [0.29, 0.717) is 0 Å². The smallest absolute Gasteiger partial charge is 0.422 e. The SMILES string of the molecule is CC(C)OC(=O)NS(=O)(=O)NCc1cc(Br)cs1. The quantitative estimate of drug-likeness (QED) is 0.844. The second-order valence-corrected chi connectivity index (χ2v) is 7.02. The van der Waals surface area contributed by atoms with Gasteiger partial charge in [0.25, 0.3) is 0 Å². The summed E-state index contributed by atoms with van der Waals surface area (Å²) in [5.74, 6) is 0. The van der Waals surface area contributed by atoms with Crippen LogP contribution in [-0.4, -0.2) is 20.6 Å². The maximum atomic E-state index is 11.5. The van der Waals surface area contributed by atoms with Gasteiger partial charge in [-0.15, -0.1) is 11.3 Å². The van der Waals surface area contributed by atoms with E-state index in [-0.39, 0.29) is 12.6 Å². The number of carbonyl (C=O) groups is 1. The highest BCUT2D eigenvalue weighted by Crippen LogP contribution is 2.19. The number of rotatable bonds is 5. The van der Waals surface area contributed by atoms with Crippen molar-refractivity contribution in [2.45, 2.75) is 26.5 Å². The molecule has 6 nitrogen and oxygen atoms in total. The van der Waals surface area contributed by atoms with E-state index in [9.17, 15) is 13.2 Å². The fourth-order valence-electron chi connectivity index (χ4n) is 0.997. The topological polar surface area (TPSA) is 84.5 Å². The molecule has 18 heavy (non-hydrogen) atoms. The Labute approximate surface area is 118 Å². The van der Waals surface area contributed by atoms with E-state index in [4.69, 9.17) is 0 Å². The van der Waals surface area contributed by atoms with E-state index in [1.165, 1.54) is 11.3 Å². The van der Waals surface area contributed by atoms with Crippen LogP contribution in [-0.2, 0) is 21.5 Å². The lowest BCUT2D eigenvalue weighted by Gasteiger charge is -2.10. The number of amides is 1. The number of ether oxygens (including phenoxy) is 1. The van der Waals surface area contributed by atoms with Crippen molar-refractivity contribution in [2.24, 2.45) is 0 Å². The highest BCUT2D eigenvalue weighted by molar-refractivity contribution is 9.10. The Kier molecular flexibility index (Phi) is 5.57. The number of nitrogens with one attached hydrogen (secondary N) is 2. The number of halogens is 1. The summed E-state index contributed by atoms with van der Waals surface area (Å²) >= 11 is 4.67. The van der Waals surface area contributed by atoms with E-state index >= 15 is 0 Å². The standard InChI is InChI=1S/C9H13BrN2O4S2/c1-6(2)16-9(13)12-18(14,15)11-4-8-3-7(10)5-17-8/h3,5-6,11H,4H2,1-2H3,(H,12,13). The van der Waals surface area contributed by atoms with E-state index in [0.717, 1.165) is 9.35 Å². The summed E-state index contributed by atoms with van der Waals surface area (Å²) in [6.45, 7) is 3.37. The van der Waals surface area contributed by atoms with Crippen LogP contribution in [0.15, 0.2) is 15.9 Å². The van der Waals surface area contributed by atoms with Gasteiger partial charge in [-0.25, -0.2) is 9.52 Å². The first-order valence-electron chi connectivity index (χ1n) is 4.99. The van der Waals surface area contributed by atoms with Gasteiger partial charge in [0.05, 0.1) is 6.10 Å². The van der Waals surface area contributed by atoms with Crippen molar-refractivity contribution >= 4 is 43.6 Å². The normalized spacial score (nSPS) is 11.6. The molecular formula is C9H13BrN2O4S2. The van der Waals surface area contributed by atoms with Crippen LogP contribution in [0.5, 0.6) is 0 Å². The fourth-order valence-corrected chi connectivity index (χ4v) is 3.16. The predicted octanol–water partition coefficient (Wildman–Crippen LogP) is 1.98. The van der Waals surface area contributed by atoms with E-state index in [2.05, 4.69) is 25.4 Å². The monoisotopic (exact) mass is 356 g/mol. The molecule has 0 aliphatic rings. The molecule has 0 saturated carbocycles. The van der Waals surface area contributed by atoms with Crippen LogP contribution in [0, 0.1) is 0 Å². The van der Waals surface area contributed by atoms with Gasteiger partial charge in [-0.1, -0.05) is 0 Å². The Morgan fingerprint density at radius 2 is 2.22 bits per heavy atom. The zero-order valence-corrected chi connectivity index (χ0v) is 13.0. The molecule has 1 aromatic heterocycles. The molecule has 0 atom stereocenters. The largest absolute Gasteiger partial charge is 0.446 e. The molecule has 2 N–H and O–H groups in total. The molecule has 1 rings (SSSR count). The first-order valence-corrected chi connectivity index (χ1v) is 8.15. The van der Waals surface area contributed by atoms with Crippen molar-refractivity contribution in [3.63, 3.8) is 0 Å². The summed E-state index contributed by atoms with van der Waals surface area (Å²) in [7, 11) is -3.90.